The first-order valence-corrected chi connectivity index (χ1v) is 9.63. The lowest BCUT2D eigenvalue weighted by Gasteiger charge is -2.06. The molecular weight excluding hydrogens is 421 g/mol. The van der Waals surface area contributed by atoms with Gasteiger partial charge in [0, 0.05) is 21.3 Å². The molecule has 4 aromatic rings. The molecule has 1 amide bonds. The molecule has 0 saturated carbocycles. The minimum absolute atomic E-state index is 0.0665. The number of carbonyl (C=O) groups excluding carboxylic acids is 1. The number of anilines is 1. The Bertz CT molecular complexity index is 1300. The Morgan fingerprint density at radius 1 is 1.03 bits per heavy atom. The van der Waals surface area contributed by atoms with Crippen LogP contribution in [0.4, 0.5) is 5.69 Å². The lowest BCUT2D eigenvalue weighted by molar-refractivity contribution is -0.112. The number of benzene rings is 3. The number of amides is 1. The van der Waals surface area contributed by atoms with E-state index in [1.54, 1.807) is 30.3 Å². The molecule has 0 fully saturated rings. The van der Waals surface area contributed by atoms with Crippen molar-refractivity contribution < 1.29 is 9.32 Å². The minimum atomic E-state index is -0.565. The van der Waals surface area contributed by atoms with Crippen LogP contribution in [0, 0.1) is 11.3 Å². The highest BCUT2D eigenvalue weighted by molar-refractivity contribution is 6.35. The quantitative estimate of drug-likeness (QED) is 0.300. The highest BCUT2D eigenvalue weighted by Crippen LogP contribution is 2.30. The third-order valence-electron chi connectivity index (χ3n) is 4.33. The van der Waals surface area contributed by atoms with Gasteiger partial charge in [-0.15, -0.1) is 0 Å². The van der Waals surface area contributed by atoms with Crippen LogP contribution in [0.5, 0.6) is 0 Å². The molecule has 0 aliphatic carbocycles. The van der Waals surface area contributed by atoms with Crippen LogP contribution in [0.2, 0.25) is 10.0 Å². The summed E-state index contributed by atoms with van der Waals surface area (Å²) >= 11 is 11.9. The first-order chi connectivity index (χ1) is 14.5. The van der Waals surface area contributed by atoms with Crippen LogP contribution in [-0.2, 0) is 4.79 Å². The number of fused-ring (bicyclic) bond motifs is 1. The smallest absolute Gasteiger partial charge is 0.266 e. The lowest BCUT2D eigenvalue weighted by atomic mass is 10.0. The summed E-state index contributed by atoms with van der Waals surface area (Å²) in [5.41, 5.74) is 2.57. The highest BCUT2D eigenvalue weighted by atomic mass is 35.5. The topological polar surface area (TPSA) is 78.9 Å². The van der Waals surface area contributed by atoms with Gasteiger partial charge in [-0.2, -0.15) is 5.26 Å². The Morgan fingerprint density at radius 2 is 1.77 bits per heavy atom. The number of rotatable bonds is 4. The molecule has 0 spiro atoms. The molecule has 30 heavy (non-hydrogen) atoms. The molecule has 0 radical (unpaired) electrons. The van der Waals surface area contributed by atoms with Crippen LogP contribution in [-0.4, -0.2) is 11.1 Å². The summed E-state index contributed by atoms with van der Waals surface area (Å²) in [6.45, 7) is 0. The molecule has 1 N–H and O–H groups in total. The Kier molecular flexibility index (Phi) is 5.53. The maximum Gasteiger partial charge on any atom is 0.266 e. The Balaban J connectivity index is 1.66. The third kappa shape index (κ3) is 4.20. The minimum Gasteiger partial charge on any atom is -0.355 e. The average Bonchev–Trinajstić information content (AvgIpc) is 3.15. The van der Waals surface area contributed by atoms with E-state index in [-0.39, 0.29) is 5.57 Å². The number of nitrogens with zero attached hydrogens (tertiary/aromatic N) is 2. The van der Waals surface area contributed by atoms with Crippen LogP contribution < -0.4 is 5.32 Å². The number of nitrogens with one attached hydrogen (secondary N) is 1. The largest absolute Gasteiger partial charge is 0.355 e. The van der Waals surface area contributed by atoms with E-state index in [4.69, 9.17) is 27.7 Å². The standard InChI is InChI=1S/C23H13Cl2N3O2/c24-17-10-18(25)12-19(11-17)27-23(29)16(13-26)8-14-6-7-21-20(9-14)22(30-28-21)15-4-2-1-3-5-15/h1-12H,(H,27,29)/b16-8+. The first-order valence-electron chi connectivity index (χ1n) is 8.87. The fourth-order valence-corrected chi connectivity index (χ4v) is 3.51. The molecule has 4 rings (SSSR count). The van der Waals surface area contributed by atoms with Crippen molar-refractivity contribution in [3.05, 3.63) is 87.9 Å². The summed E-state index contributed by atoms with van der Waals surface area (Å²) in [6.07, 6.45) is 1.50. The predicted molar refractivity (Wildman–Crippen MR) is 118 cm³/mol. The van der Waals surface area contributed by atoms with E-state index in [2.05, 4.69) is 10.5 Å². The molecule has 0 unspecified atom stereocenters. The molecule has 0 atom stereocenters. The predicted octanol–water partition coefficient (Wildman–Crippen LogP) is 6.35. The second kappa shape index (κ2) is 8.42. The second-order valence-electron chi connectivity index (χ2n) is 6.44. The van der Waals surface area contributed by atoms with Crippen molar-refractivity contribution in [2.45, 2.75) is 0 Å². The van der Waals surface area contributed by atoms with Gasteiger partial charge in [-0.3, -0.25) is 4.79 Å². The fraction of sp³-hybridized carbons (Fsp3) is 0. The maximum absolute atomic E-state index is 12.6. The van der Waals surface area contributed by atoms with Crippen LogP contribution in [0.15, 0.2) is 76.8 Å². The van der Waals surface area contributed by atoms with Gasteiger partial charge in [-0.25, -0.2) is 0 Å². The molecule has 1 heterocycles. The van der Waals surface area contributed by atoms with E-state index < -0.39 is 5.91 Å². The van der Waals surface area contributed by atoms with Crippen molar-refractivity contribution in [2.24, 2.45) is 0 Å². The maximum atomic E-state index is 12.6. The summed E-state index contributed by atoms with van der Waals surface area (Å²) in [7, 11) is 0. The van der Waals surface area contributed by atoms with Crippen LogP contribution in [0.25, 0.3) is 28.3 Å². The van der Waals surface area contributed by atoms with Crippen molar-refractivity contribution in [3.63, 3.8) is 0 Å². The van der Waals surface area contributed by atoms with Crippen molar-refractivity contribution in [1.29, 1.82) is 5.26 Å². The monoisotopic (exact) mass is 433 g/mol. The Morgan fingerprint density at radius 3 is 2.47 bits per heavy atom. The van der Waals surface area contributed by atoms with Gasteiger partial charge in [-0.05, 0) is 42.0 Å². The summed E-state index contributed by atoms with van der Waals surface area (Å²) in [5, 5.41) is 17.8. The second-order valence-corrected chi connectivity index (χ2v) is 7.31. The number of aromatic nitrogens is 1. The number of hydrogen-bond donors (Lipinski definition) is 1. The molecule has 7 heteroatoms. The Labute approximate surface area is 182 Å². The van der Waals surface area contributed by atoms with Gasteiger partial charge < -0.3 is 9.84 Å². The van der Waals surface area contributed by atoms with E-state index in [0.29, 0.717) is 32.6 Å². The molecule has 0 aliphatic heterocycles. The van der Waals surface area contributed by atoms with E-state index in [1.165, 1.54) is 6.08 Å². The van der Waals surface area contributed by atoms with E-state index in [9.17, 15) is 10.1 Å². The molecule has 0 aliphatic rings. The van der Waals surface area contributed by atoms with Gasteiger partial charge in [0.25, 0.3) is 5.91 Å². The first kappa shape index (κ1) is 19.7. The highest BCUT2D eigenvalue weighted by Gasteiger charge is 2.13. The van der Waals surface area contributed by atoms with Gasteiger partial charge in [0.2, 0.25) is 0 Å². The third-order valence-corrected chi connectivity index (χ3v) is 4.77. The zero-order chi connectivity index (χ0) is 21.1. The molecule has 0 bridgehead atoms. The summed E-state index contributed by atoms with van der Waals surface area (Å²) in [5.74, 6) is 0.0573. The van der Waals surface area contributed by atoms with Crippen molar-refractivity contribution in [3.8, 4) is 17.4 Å². The molecular formula is C23H13Cl2N3O2. The van der Waals surface area contributed by atoms with Crippen molar-refractivity contribution >= 4 is 51.8 Å². The van der Waals surface area contributed by atoms with Gasteiger partial charge in [0.05, 0.1) is 5.39 Å². The number of carbonyl (C=O) groups is 1. The van der Waals surface area contributed by atoms with Gasteiger partial charge in [-0.1, -0.05) is 64.8 Å². The van der Waals surface area contributed by atoms with Gasteiger partial charge in [0.15, 0.2) is 5.76 Å². The number of halogens is 2. The SMILES string of the molecule is N#C/C(=C\c1ccc2noc(-c3ccccc3)c2c1)C(=O)Nc1cc(Cl)cc(Cl)c1. The van der Waals surface area contributed by atoms with E-state index in [1.807, 2.05) is 42.5 Å². The summed E-state index contributed by atoms with van der Waals surface area (Å²) in [4.78, 5) is 12.6. The molecule has 146 valence electrons. The molecule has 3 aromatic carbocycles. The van der Waals surface area contributed by atoms with Crippen LogP contribution in [0.3, 0.4) is 0 Å². The van der Waals surface area contributed by atoms with Crippen LogP contribution >= 0.6 is 23.2 Å². The van der Waals surface area contributed by atoms with Crippen molar-refractivity contribution in [1.82, 2.24) is 5.16 Å². The van der Waals surface area contributed by atoms with Gasteiger partial charge >= 0.3 is 0 Å². The number of nitriles is 1. The molecule has 1 aromatic heterocycles. The zero-order valence-electron chi connectivity index (χ0n) is 15.4. The molecule has 0 saturated heterocycles. The average molecular weight is 434 g/mol. The van der Waals surface area contributed by atoms with Crippen LogP contribution in [0.1, 0.15) is 5.56 Å². The summed E-state index contributed by atoms with van der Waals surface area (Å²) in [6, 6.07) is 21.5. The number of hydrogen-bond acceptors (Lipinski definition) is 4. The molecule has 5 nitrogen and oxygen atoms in total. The van der Waals surface area contributed by atoms with E-state index in [0.717, 1.165) is 10.9 Å². The fourth-order valence-electron chi connectivity index (χ4n) is 2.99. The zero-order valence-corrected chi connectivity index (χ0v) is 16.9. The Hall–Kier alpha value is -3.59. The van der Waals surface area contributed by atoms with Crippen molar-refractivity contribution in [2.75, 3.05) is 5.32 Å². The lowest BCUT2D eigenvalue weighted by Crippen LogP contribution is -2.13. The summed E-state index contributed by atoms with van der Waals surface area (Å²) < 4.78 is 5.50. The normalized spacial score (nSPS) is 11.3. The van der Waals surface area contributed by atoms with E-state index >= 15 is 0 Å². The van der Waals surface area contributed by atoms with Gasteiger partial charge in [0.1, 0.15) is 17.2 Å².